The monoisotopic (exact) mass is 388 g/mol. The number of nitrogens with two attached hydrogens (primary N) is 1. The Bertz CT molecular complexity index is 477. The smallest absolute Gasteiger partial charge is 0.255 e. The first-order chi connectivity index (χ1) is 9.00. The third-order valence-corrected chi connectivity index (χ3v) is 4.73. The first-order valence-corrected chi connectivity index (χ1v) is 8.11. The van der Waals surface area contributed by atoms with Crippen LogP contribution in [0.5, 0.6) is 0 Å². The molecule has 5 heteroatoms. The number of carbonyl (C=O) groups excluding carboxylic acids is 1. The van der Waals surface area contributed by atoms with Gasteiger partial charge in [0.1, 0.15) is 0 Å². The second-order valence-corrected chi connectivity index (χ2v) is 6.81. The van der Waals surface area contributed by atoms with Crippen LogP contribution in [0.1, 0.15) is 36.5 Å². The lowest BCUT2D eigenvalue weighted by molar-refractivity contribution is 0.0583. The summed E-state index contributed by atoms with van der Waals surface area (Å²) < 4.78 is 1.78. The highest BCUT2D eigenvalue weighted by Gasteiger charge is 2.30. The third kappa shape index (κ3) is 3.38. The van der Waals surface area contributed by atoms with E-state index < -0.39 is 0 Å². The summed E-state index contributed by atoms with van der Waals surface area (Å²) in [4.78, 5) is 14.6. The summed E-state index contributed by atoms with van der Waals surface area (Å²) in [5.74, 6) is 0.0707. The predicted molar refractivity (Wildman–Crippen MR) is 84.2 cm³/mol. The van der Waals surface area contributed by atoms with Gasteiger partial charge in [0.15, 0.2) is 0 Å². The molecule has 3 nitrogen and oxygen atoms in total. The fourth-order valence-corrected chi connectivity index (χ4v) is 3.79. The van der Waals surface area contributed by atoms with Gasteiger partial charge in [-0.3, -0.25) is 4.79 Å². The quantitative estimate of drug-likeness (QED) is 0.840. The molecule has 2 unspecified atom stereocenters. The maximum absolute atomic E-state index is 12.7. The molecule has 1 aromatic carbocycles. The molecular weight excluding hydrogens is 372 g/mol. The van der Waals surface area contributed by atoms with E-state index in [1.165, 1.54) is 0 Å². The number of carbonyl (C=O) groups is 1. The first-order valence-electron chi connectivity index (χ1n) is 6.52. The molecule has 19 heavy (non-hydrogen) atoms. The Balaban J connectivity index is 2.26. The van der Waals surface area contributed by atoms with Gasteiger partial charge in [-0.15, -0.1) is 0 Å². The number of hydrogen-bond acceptors (Lipinski definition) is 2. The van der Waals surface area contributed by atoms with Crippen molar-refractivity contribution in [2.75, 3.05) is 6.54 Å². The molecular formula is C14H18Br2N2O. The van der Waals surface area contributed by atoms with Crippen LogP contribution in [-0.2, 0) is 0 Å². The molecule has 1 aromatic rings. The number of halogens is 2. The van der Waals surface area contributed by atoms with Crippen molar-refractivity contribution in [2.45, 2.75) is 38.3 Å². The fourth-order valence-electron chi connectivity index (χ4n) is 2.57. The molecule has 2 atom stereocenters. The standard InChI is InChI=1S/C14H18Br2N2O/c1-9(17)13-4-2-3-7-18(13)14(19)11-6-5-10(15)8-12(11)16/h5-6,8-9,13H,2-4,7,17H2,1H3. The van der Waals surface area contributed by atoms with Crippen molar-refractivity contribution in [1.29, 1.82) is 0 Å². The van der Waals surface area contributed by atoms with Crippen LogP contribution in [0, 0.1) is 0 Å². The van der Waals surface area contributed by atoms with E-state index in [2.05, 4.69) is 31.9 Å². The summed E-state index contributed by atoms with van der Waals surface area (Å²) in [6.45, 7) is 2.78. The van der Waals surface area contributed by atoms with Gasteiger partial charge in [0.05, 0.1) is 5.56 Å². The molecule has 0 radical (unpaired) electrons. The second kappa shape index (κ2) is 6.37. The molecule has 0 aromatic heterocycles. The number of nitrogens with zero attached hydrogens (tertiary/aromatic N) is 1. The van der Waals surface area contributed by atoms with Crippen molar-refractivity contribution in [1.82, 2.24) is 4.90 Å². The third-order valence-electron chi connectivity index (χ3n) is 3.58. The minimum atomic E-state index is 0.0125. The topological polar surface area (TPSA) is 46.3 Å². The lowest BCUT2D eigenvalue weighted by atomic mass is 9.96. The molecule has 1 aliphatic rings. The zero-order valence-corrected chi connectivity index (χ0v) is 14.1. The van der Waals surface area contributed by atoms with Gasteiger partial charge in [-0.05, 0) is 60.3 Å². The van der Waals surface area contributed by atoms with Crippen molar-refractivity contribution < 1.29 is 4.79 Å². The highest BCUT2D eigenvalue weighted by Crippen LogP contribution is 2.26. The van der Waals surface area contributed by atoms with E-state index in [0.29, 0.717) is 5.56 Å². The van der Waals surface area contributed by atoms with E-state index in [9.17, 15) is 4.79 Å². The van der Waals surface area contributed by atoms with E-state index in [1.807, 2.05) is 30.0 Å². The van der Waals surface area contributed by atoms with Gasteiger partial charge in [-0.1, -0.05) is 15.9 Å². The molecule has 1 amide bonds. The van der Waals surface area contributed by atoms with Crippen LogP contribution in [0.3, 0.4) is 0 Å². The van der Waals surface area contributed by atoms with Crippen LogP contribution in [0.15, 0.2) is 27.1 Å². The number of piperidine rings is 1. The number of likely N-dealkylation sites (tertiary alicyclic amines) is 1. The van der Waals surface area contributed by atoms with Crippen molar-refractivity contribution in [3.05, 3.63) is 32.7 Å². The predicted octanol–water partition coefficient (Wildman–Crippen LogP) is 3.55. The Morgan fingerprint density at radius 1 is 1.42 bits per heavy atom. The second-order valence-electron chi connectivity index (χ2n) is 5.04. The van der Waals surface area contributed by atoms with Crippen molar-refractivity contribution in [3.63, 3.8) is 0 Å². The molecule has 1 saturated heterocycles. The molecule has 2 rings (SSSR count). The van der Waals surface area contributed by atoms with Gasteiger partial charge < -0.3 is 10.6 Å². The van der Waals surface area contributed by atoms with Gasteiger partial charge in [0, 0.05) is 27.6 Å². The maximum atomic E-state index is 12.7. The van der Waals surface area contributed by atoms with Gasteiger partial charge in [-0.25, -0.2) is 0 Å². The summed E-state index contributed by atoms with van der Waals surface area (Å²) in [7, 11) is 0. The van der Waals surface area contributed by atoms with E-state index in [1.54, 1.807) is 0 Å². The van der Waals surface area contributed by atoms with Gasteiger partial charge in [-0.2, -0.15) is 0 Å². The molecule has 1 heterocycles. The van der Waals surface area contributed by atoms with Crippen LogP contribution in [0.25, 0.3) is 0 Å². The minimum absolute atomic E-state index is 0.0125. The van der Waals surface area contributed by atoms with Crippen LogP contribution >= 0.6 is 31.9 Å². The number of rotatable bonds is 2. The molecule has 0 spiro atoms. The summed E-state index contributed by atoms with van der Waals surface area (Å²) >= 11 is 6.86. The number of hydrogen-bond donors (Lipinski definition) is 1. The molecule has 0 aliphatic carbocycles. The largest absolute Gasteiger partial charge is 0.334 e. The lowest BCUT2D eigenvalue weighted by Crippen LogP contribution is -2.51. The lowest BCUT2D eigenvalue weighted by Gasteiger charge is -2.38. The molecule has 0 saturated carbocycles. The molecule has 104 valence electrons. The zero-order valence-electron chi connectivity index (χ0n) is 10.9. The zero-order chi connectivity index (χ0) is 14.0. The highest BCUT2D eigenvalue weighted by atomic mass is 79.9. The van der Waals surface area contributed by atoms with E-state index >= 15 is 0 Å². The van der Waals surface area contributed by atoms with E-state index in [0.717, 1.165) is 34.8 Å². The number of benzene rings is 1. The Morgan fingerprint density at radius 2 is 2.16 bits per heavy atom. The van der Waals surface area contributed by atoms with Gasteiger partial charge in [0.2, 0.25) is 0 Å². The Kier molecular flexibility index (Phi) is 5.03. The van der Waals surface area contributed by atoms with Crippen LogP contribution in [0.4, 0.5) is 0 Å². The van der Waals surface area contributed by atoms with Crippen molar-refractivity contribution >= 4 is 37.8 Å². The number of amides is 1. The van der Waals surface area contributed by atoms with Gasteiger partial charge in [0.25, 0.3) is 5.91 Å². The first kappa shape index (κ1) is 15.0. The Labute approximate surface area is 130 Å². The van der Waals surface area contributed by atoms with E-state index in [4.69, 9.17) is 5.73 Å². The molecule has 2 N–H and O–H groups in total. The average Bonchev–Trinajstić information content (AvgIpc) is 2.38. The molecule has 0 bridgehead atoms. The Morgan fingerprint density at radius 3 is 2.79 bits per heavy atom. The summed E-state index contributed by atoms with van der Waals surface area (Å²) in [5.41, 5.74) is 6.73. The minimum Gasteiger partial charge on any atom is -0.334 e. The summed E-state index contributed by atoms with van der Waals surface area (Å²) in [5, 5.41) is 0. The Hall–Kier alpha value is -0.390. The normalized spacial score (nSPS) is 21.3. The summed E-state index contributed by atoms with van der Waals surface area (Å²) in [6.07, 6.45) is 3.21. The highest BCUT2D eigenvalue weighted by molar-refractivity contribution is 9.11. The van der Waals surface area contributed by atoms with Crippen LogP contribution in [-0.4, -0.2) is 29.4 Å². The van der Waals surface area contributed by atoms with Gasteiger partial charge >= 0.3 is 0 Å². The van der Waals surface area contributed by atoms with Crippen LogP contribution in [0.2, 0.25) is 0 Å². The fraction of sp³-hybridized carbons (Fsp3) is 0.500. The van der Waals surface area contributed by atoms with Crippen molar-refractivity contribution in [3.8, 4) is 0 Å². The maximum Gasteiger partial charge on any atom is 0.255 e. The SMILES string of the molecule is CC(N)C1CCCCN1C(=O)c1ccc(Br)cc1Br. The summed E-state index contributed by atoms with van der Waals surface area (Å²) in [6, 6.07) is 5.81. The van der Waals surface area contributed by atoms with Crippen LogP contribution < -0.4 is 5.73 Å². The molecule has 1 aliphatic heterocycles. The van der Waals surface area contributed by atoms with Crippen molar-refractivity contribution in [2.24, 2.45) is 5.73 Å². The van der Waals surface area contributed by atoms with E-state index in [-0.39, 0.29) is 18.0 Å². The average molecular weight is 390 g/mol. The molecule has 1 fully saturated rings.